The van der Waals surface area contributed by atoms with Crippen LogP contribution in [0.25, 0.3) is 16.8 Å². The van der Waals surface area contributed by atoms with Crippen molar-refractivity contribution in [2.75, 3.05) is 19.0 Å². The number of halogens is 2. The number of amides is 1. The molecule has 0 saturated heterocycles. The number of anilines is 1. The Morgan fingerprint density at radius 2 is 1.88 bits per heavy atom. The second-order valence-corrected chi connectivity index (χ2v) is 7.33. The fraction of sp³-hybridized carbons (Fsp3) is 0.174. The molecule has 0 unspecified atom stereocenters. The van der Waals surface area contributed by atoms with Crippen molar-refractivity contribution in [1.29, 1.82) is 5.26 Å². The van der Waals surface area contributed by atoms with E-state index in [1.54, 1.807) is 44.4 Å². The average Bonchev–Trinajstić information content (AvgIpc) is 3.09. The van der Waals surface area contributed by atoms with Crippen molar-refractivity contribution in [3.05, 3.63) is 64.4 Å². The van der Waals surface area contributed by atoms with Gasteiger partial charge in [0.05, 0.1) is 30.5 Å². The van der Waals surface area contributed by atoms with Gasteiger partial charge in [-0.1, -0.05) is 41.4 Å². The molecule has 0 saturated carbocycles. The van der Waals surface area contributed by atoms with Crippen LogP contribution in [-0.4, -0.2) is 30.2 Å². The summed E-state index contributed by atoms with van der Waals surface area (Å²) in [6, 6.07) is 15.7. The topological polar surface area (TPSA) is 93.4 Å². The fourth-order valence-electron chi connectivity index (χ4n) is 3.23. The van der Waals surface area contributed by atoms with E-state index < -0.39 is 11.9 Å². The summed E-state index contributed by atoms with van der Waals surface area (Å²) in [5, 5.41) is 12.0. The summed E-state index contributed by atoms with van der Waals surface area (Å²) in [4.78, 5) is 24.6. The van der Waals surface area contributed by atoms with E-state index >= 15 is 0 Å². The van der Waals surface area contributed by atoms with E-state index in [1.165, 1.54) is 10.6 Å². The molecule has 9 heteroatoms. The van der Waals surface area contributed by atoms with Crippen molar-refractivity contribution in [3.63, 3.8) is 0 Å². The molecule has 1 amide bonds. The normalized spacial score (nSPS) is 10.3. The van der Waals surface area contributed by atoms with Crippen LogP contribution in [0.15, 0.2) is 48.5 Å². The molecular weight excluding hydrogens is 453 g/mol. The highest BCUT2D eigenvalue weighted by molar-refractivity contribution is 6.33. The third-order valence-electron chi connectivity index (χ3n) is 4.55. The molecule has 32 heavy (non-hydrogen) atoms. The maximum atomic E-state index is 12.7. The molecule has 1 N–H and O–H groups in total. The van der Waals surface area contributed by atoms with Gasteiger partial charge in [0, 0.05) is 11.3 Å². The molecule has 7 nitrogen and oxygen atoms in total. The lowest BCUT2D eigenvalue weighted by Gasteiger charge is -2.14. The minimum absolute atomic E-state index is 0.0474. The van der Waals surface area contributed by atoms with E-state index in [0.717, 1.165) is 11.1 Å². The largest absolute Gasteiger partial charge is 0.496 e. The summed E-state index contributed by atoms with van der Waals surface area (Å²) in [5.74, 6) is -0.601. The number of carbonyl (C=O) groups is 2. The van der Waals surface area contributed by atoms with E-state index in [9.17, 15) is 9.59 Å². The Labute approximate surface area is 195 Å². The van der Waals surface area contributed by atoms with E-state index in [1.807, 2.05) is 18.2 Å². The number of methoxy groups -OCH3 is 1. The molecule has 1 heterocycles. The quantitative estimate of drug-likeness (QED) is 0.459. The van der Waals surface area contributed by atoms with Gasteiger partial charge in [-0.2, -0.15) is 5.26 Å². The lowest BCUT2D eigenvalue weighted by molar-refractivity contribution is -0.115. The van der Waals surface area contributed by atoms with Gasteiger partial charge in [-0.15, -0.1) is 0 Å². The van der Waals surface area contributed by atoms with Gasteiger partial charge in [0.1, 0.15) is 17.3 Å². The van der Waals surface area contributed by atoms with Crippen molar-refractivity contribution < 1.29 is 19.1 Å². The van der Waals surface area contributed by atoms with Crippen LogP contribution in [-0.2, 0) is 9.53 Å². The molecule has 0 aliphatic heterocycles. The van der Waals surface area contributed by atoms with Crippen LogP contribution < -0.4 is 10.1 Å². The lowest BCUT2D eigenvalue weighted by Crippen LogP contribution is -2.17. The number of hydrogen-bond donors (Lipinski definition) is 1. The minimum Gasteiger partial charge on any atom is -0.496 e. The number of carbonyl (C=O) groups excluding carboxylic acids is 2. The summed E-state index contributed by atoms with van der Waals surface area (Å²) in [5.41, 5.74) is 2.31. The SMILES string of the molecule is CCOC(=O)c1c(NC(=O)CC#N)cc(Cl)n1-c1ccc(-c2c(Cl)cccc2OC)cc1. The Morgan fingerprint density at radius 1 is 1.16 bits per heavy atom. The third kappa shape index (κ3) is 4.72. The first-order valence-electron chi connectivity index (χ1n) is 9.59. The van der Waals surface area contributed by atoms with Crippen LogP contribution in [0.2, 0.25) is 10.2 Å². The Kier molecular flexibility index (Phi) is 7.41. The van der Waals surface area contributed by atoms with Gasteiger partial charge in [-0.05, 0) is 42.8 Å². The van der Waals surface area contributed by atoms with Crippen LogP contribution in [0, 0.1) is 11.3 Å². The zero-order valence-corrected chi connectivity index (χ0v) is 18.8. The van der Waals surface area contributed by atoms with Gasteiger partial charge < -0.3 is 14.8 Å². The van der Waals surface area contributed by atoms with E-state index in [0.29, 0.717) is 16.5 Å². The number of ether oxygens (including phenoxy) is 2. The average molecular weight is 472 g/mol. The highest BCUT2D eigenvalue weighted by atomic mass is 35.5. The van der Waals surface area contributed by atoms with Crippen molar-refractivity contribution in [1.82, 2.24) is 4.57 Å². The van der Waals surface area contributed by atoms with Crippen molar-refractivity contribution in [3.8, 4) is 28.6 Å². The van der Waals surface area contributed by atoms with Crippen molar-refractivity contribution in [2.45, 2.75) is 13.3 Å². The van der Waals surface area contributed by atoms with Gasteiger partial charge in [0.2, 0.25) is 5.91 Å². The molecule has 3 rings (SSSR count). The lowest BCUT2D eigenvalue weighted by atomic mass is 10.0. The third-order valence-corrected chi connectivity index (χ3v) is 5.14. The number of nitrogens with zero attached hydrogens (tertiary/aromatic N) is 2. The molecule has 3 aromatic rings. The van der Waals surface area contributed by atoms with E-state index in [-0.39, 0.29) is 29.6 Å². The maximum absolute atomic E-state index is 12.7. The predicted octanol–water partition coefficient (Wildman–Crippen LogP) is 5.49. The van der Waals surface area contributed by atoms with E-state index in [2.05, 4.69) is 5.32 Å². The second kappa shape index (κ2) is 10.2. The van der Waals surface area contributed by atoms with Gasteiger partial charge >= 0.3 is 5.97 Å². The summed E-state index contributed by atoms with van der Waals surface area (Å²) in [6.07, 6.45) is -0.362. The smallest absolute Gasteiger partial charge is 0.357 e. The first kappa shape index (κ1) is 23.2. The Hall–Kier alpha value is -3.47. The predicted molar refractivity (Wildman–Crippen MR) is 123 cm³/mol. The molecule has 0 aliphatic rings. The molecule has 164 valence electrons. The van der Waals surface area contributed by atoms with Crippen LogP contribution in [0.5, 0.6) is 5.75 Å². The van der Waals surface area contributed by atoms with Crippen molar-refractivity contribution >= 4 is 40.8 Å². The first-order chi connectivity index (χ1) is 15.4. The van der Waals surface area contributed by atoms with E-state index in [4.69, 9.17) is 37.9 Å². The zero-order valence-electron chi connectivity index (χ0n) is 17.3. The molecule has 0 bridgehead atoms. The number of hydrogen-bond acceptors (Lipinski definition) is 5. The maximum Gasteiger partial charge on any atom is 0.357 e. The molecule has 2 aromatic carbocycles. The minimum atomic E-state index is -0.663. The Bertz CT molecular complexity index is 1200. The summed E-state index contributed by atoms with van der Waals surface area (Å²) >= 11 is 12.8. The summed E-state index contributed by atoms with van der Waals surface area (Å²) in [6.45, 7) is 1.81. The Morgan fingerprint density at radius 3 is 2.50 bits per heavy atom. The van der Waals surface area contributed by atoms with Crippen LogP contribution in [0.4, 0.5) is 5.69 Å². The number of benzene rings is 2. The van der Waals surface area contributed by atoms with Gasteiger partial charge in [0.15, 0.2) is 5.69 Å². The highest BCUT2D eigenvalue weighted by Crippen LogP contribution is 2.37. The number of nitrogens with one attached hydrogen (secondary N) is 1. The van der Waals surface area contributed by atoms with Crippen LogP contribution >= 0.6 is 23.2 Å². The molecule has 0 atom stereocenters. The molecule has 0 radical (unpaired) electrons. The molecule has 0 fully saturated rings. The van der Waals surface area contributed by atoms with Gasteiger partial charge in [-0.25, -0.2) is 4.79 Å². The Balaban J connectivity index is 2.08. The highest BCUT2D eigenvalue weighted by Gasteiger charge is 2.24. The molecule has 1 aromatic heterocycles. The number of esters is 1. The number of rotatable bonds is 7. The van der Waals surface area contributed by atoms with Crippen molar-refractivity contribution in [2.24, 2.45) is 0 Å². The monoisotopic (exact) mass is 471 g/mol. The van der Waals surface area contributed by atoms with Gasteiger partial charge in [0.25, 0.3) is 0 Å². The first-order valence-corrected chi connectivity index (χ1v) is 10.3. The zero-order chi connectivity index (χ0) is 23.3. The summed E-state index contributed by atoms with van der Waals surface area (Å²) < 4.78 is 12.0. The van der Waals surface area contributed by atoms with Crippen LogP contribution in [0.3, 0.4) is 0 Å². The number of nitriles is 1. The molecular formula is C23H19Cl2N3O4. The van der Waals surface area contributed by atoms with Gasteiger partial charge in [-0.3, -0.25) is 9.36 Å². The van der Waals surface area contributed by atoms with Crippen LogP contribution in [0.1, 0.15) is 23.8 Å². The molecule has 0 aliphatic carbocycles. The standard InChI is InChI=1S/C23H19Cl2N3O4/c1-3-32-23(30)22-17(27-20(29)11-12-26)13-19(25)28(22)15-9-7-14(8-10-15)21-16(24)5-4-6-18(21)31-2/h4-10,13H,3,11H2,1-2H3,(H,27,29). The summed E-state index contributed by atoms with van der Waals surface area (Å²) in [7, 11) is 1.57. The second-order valence-electron chi connectivity index (χ2n) is 6.53. The number of aromatic nitrogens is 1. The molecule has 0 spiro atoms. The fourth-order valence-corrected chi connectivity index (χ4v) is 3.79.